The van der Waals surface area contributed by atoms with Gasteiger partial charge in [-0.05, 0) is 133 Å². The number of hydrogen-bond acceptors (Lipinski definition) is 12. The van der Waals surface area contributed by atoms with Crippen LogP contribution >= 0.6 is 0 Å². The fourth-order valence-electron chi connectivity index (χ4n) is 8.74. The van der Waals surface area contributed by atoms with Gasteiger partial charge in [0.2, 0.25) is 17.7 Å². The summed E-state index contributed by atoms with van der Waals surface area (Å²) in [6, 6.07) is 13.6. The van der Waals surface area contributed by atoms with E-state index in [1.165, 1.54) is 23.9 Å². The van der Waals surface area contributed by atoms with Crippen LogP contribution in [0.25, 0.3) is 11.1 Å². The van der Waals surface area contributed by atoms with E-state index < -0.39 is 76.6 Å². The molecule has 17 heteroatoms. The van der Waals surface area contributed by atoms with E-state index in [1.54, 1.807) is 90.9 Å². The molecule has 5 amide bonds. The molecule has 0 aromatic heterocycles. The molecule has 1 heterocycles. The minimum Gasteiger partial charge on any atom is -0.493 e. The van der Waals surface area contributed by atoms with Crippen molar-refractivity contribution in [1.29, 1.82) is 0 Å². The summed E-state index contributed by atoms with van der Waals surface area (Å²) in [6.45, 7) is 21.4. The third kappa shape index (κ3) is 18.7. The predicted molar refractivity (Wildman–Crippen MR) is 291 cm³/mol. The third-order valence-corrected chi connectivity index (χ3v) is 12.6. The van der Waals surface area contributed by atoms with Crippen LogP contribution in [0, 0.1) is 18.8 Å². The second kappa shape index (κ2) is 28.2. The maximum Gasteiger partial charge on any atom is 0.407 e. The van der Waals surface area contributed by atoms with Gasteiger partial charge < -0.3 is 44.7 Å². The number of carbonyl (C=O) groups excluding carboxylic acids is 8. The van der Waals surface area contributed by atoms with Gasteiger partial charge in [0.25, 0.3) is 0 Å². The molecule has 17 nitrogen and oxygen atoms in total. The third-order valence-electron chi connectivity index (χ3n) is 12.6. The summed E-state index contributed by atoms with van der Waals surface area (Å²) in [5.41, 5.74) is 2.71. The van der Waals surface area contributed by atoms with E-state index in [2.05, 4.69) is 29.5 Å². The molecule has 4 atom stereocenters. The molecule has 0 radical (unpaired) electrons. The Morgan fingerprint density at radius 1 is 0.803 bits per heavy atom. The number of nitrogens with one attached hydrogen (secondary N) is 3. The zero-order chi connectivity index (χ0) is 56.5. The Hall–Kier alpha value is -7.04. The van der Waals surface area contributed by atoms with E-state index in [1.807, 2.05) is 26.0 Å². The number of likely N-dealkylation sites (N-methyl/N-ethyl adjacent to an activating group) is 2. The second-order valence-corrected chi connectivity index (χ2v) is 21.6. The van der Waals surface area contributed by atoms with Crippen molar-refractivity contribution in [1.82, 2.24) is 25.8 Å². The normalized spacial score (nSPS) is 16.2. The predicted octanol–water partition coefficient (Wildman–Crippen LogP) is 8.85. The van der Waals surface area contributed by atoms with Crippen LogP contribution in [-0.2, 0) is 46.3 Å². The number of ketones is 3. The van der Waals surface area contributed by atoms with Gasteiger partial charge in [0.05, 0.1) is 25.7 Å². The zero-order valence-electron chi connectivity index (χ0n) is 46.8. The standard InChI is InChI=1S/C59H81N5O12/c1-14-17-18-39-19-22-43(37(4)30-39)47(65)35-42(25-26-60-56(71)75-58(6,7)8)55(70)64(13)53-41-21-24-51(73-28-15-2)45(34-41)44-32-40(20-23-50(44)74-29-27-61-57(72)76-59(9,10)11)33-46(49(67)36-63(12)52(68)16-3)62-54(69)38(5)31-48(53)66/h16,19-24,30,32,34,38,42,46,53H,3,14-15,17-18,25-29,31,33,35-36H2,1-2,4-13H3,(H,60,71)(H,61,72)(H,62,69)/t38-,42-,46+,53+/m1/s1. The van der Waals surface area contributed by atoms with Gasteiger partial charge in [-0.15, -0.1) is 0 Å². The highest BCUT2D eigenvalue weighted by Gasteiger charge is 2.37. The number of hydrogen-bond donors (Lipinski definition) is 3. The topological polar surface area (TPSA) is 216 Å². The summed E-state index contributed by atoms with van der Waals surface area (Å²) in [4.78, 5) is 113. The number of amides is 5. The van der Waals surface area contributed by atoms with E-state index in [-0.39, 0.29) is 57.7 Å². The highest BCUT2D eigenvalue weighted by molar-refractivity contribution is 6.01. The number of Topliss-reactive ketones (excluding diaryl/α,β-unsaturated/α-hetero) is 3. The van der Waals surface area contributed by atoms with Gasteiger partial charge in [-0.3, -0.25) is 28.8 Å². The van der Waals surface area contributed by atoms with Crippen molar-refractivity contribution < 1.29 is 57.3 Å². The van der Waals surface area contributed by atoms with Crippen LogP contribution in [0.5, 0.6) is 11.5 Å². The molecule has 76 heavy (non-hydrogen) atoms. The van der Waals surface area contributed by atoms with Gasteiger partial charge in [-0.1, -0.05) is 64.1 Å². The summed E-state index contributed by atoms with van der Waals surface area (Å²) >= 11 is 0. The minimum absolute atomic E-state index is 0.00107. The molecule has 3 aromatic carbocycles. The Bertz CT molecular complexity index is 2580. The van der Waals surface area contributed by atoms with Gasteiger partial charge in [-0.25, -0.2) is 9.59 Å². The fourth-order valence-corrected chi connectivity index (χ4v) is 8.74. The number of benzene rings is 3. The number of alkyl carbamates (subject to hydrolysis) is 2. The summed E-state index contributed by atoms with van der Waals surface area (Å²) in [6.07, 6.45) is 2.66. The lowest BCUT2D eigenvalue weighted by Crippen LogP contribution is -2.48. The maximum absolute atomic E-state index is 15.2. The van der Waals surface area contributed by atoms with Crippen molar-refractivity contribution in [2.24, 2.45) is 11.8 Å². The van der Waals surface area contributed by atoms with Crippen molar-refractivity contribution in [3.8, 4) is 22.6 Å². The molecule has 414 valence electrons. The number of unbranched alkanes of at least 4 members (excludes halogenated alkanes) is 1. The van der Waals surface area contributed by atoms with Crippen LogP contribution in [0.3, 0.4) is 0 Å². The number of fused-ring (bicyclic) bond motifs is 5. The molecular formula is C59H81N5O12. The lowest BCUT2D eigenvalue weighted by atomic mass is 9.88. The van der Waals surface area contributed by atoms with E-state index in [9.17, 15) is 28.8 Å². The Balaban J connectivity index is 1.90. The van der Waals surface area contributed by atoms with Crippen LogP contribution < -0.4 is 25.4 Å². The number of rotatable bonds is 22. The Morgan fingerprint density at radius 2 is 1.42 bits per heavy atom. The highest BCUT2D eigenvalue weighted by atomic mass is 16.6. The van der Waals surface area contributed by atoms with Gasteiger partial charge in [0.15, 0.2) is 17.3 Å². The smallest absolute Gasteiger partial charge is 0.407 e. The molecule has 4 bridgehead atoms. The Labute approximate surface area is 449 Å². The largest absolute Gasteiger partial charge is 0.493 e. The lowest BCUT2D eigenvalue weighted by molar-refractivity contribution is -0.142. The van der Waals surface area contributed by atoms with Crippen LogP contribution in [0.4, 0.5) is 9.59 Å². The van der Waals surface area contributed by atoms with Crippen molar-refractivity contribution >= 4 is 47.3 Å². The van der Waals surface area contributed by atoms with Gasteiger partial charge >= 0.3 is 12.2 Å². The minimum atomic E-state index is -1.33. The summed E-state index contributed by atoms with van der Waals surface area (Å²) in [7, 11) is 2.93. The molecule has 0 saturated heterocycles. The van der Waals surface area contributed by atoms with Crippen molar-refractivity contribution in [2.75, 3.05) is 46.9 Å². The van der Waals surface area contributed by atoms with Crippen LogP contribution in [0.1, 0.15) is 139 Å². The number of nitrogens with zero attached hydrogens (tertiary/aromatic N) is 2. The van der Waals surface area contributed by atoms with Gasteiger partial charge in [0, 0.05) is 62.0 Å². The average Bonchev–Trinajstić information content (AvgIpc) is 3.34. The molecule has 4 rings (SSSR count). The molecule has 1 aliphatic rings. The highest BCUT2D eigenvalue weighted by Crippen LogP contribution is 2.41. The first-order valence-corrected chi connectivity index (χ1v) is 26.3. The monoisotopic (exact) mass is 1050 g/mol. The van der Waals surface area contributed by atoms with Crippen molar-refractivity contribution in [3.05, 3.63) is 95.1 Å². The Morgan fingerprint density at radius 3 is 2.03 bits per heavy atom. The summed E-state index contributed by atoms with van der Waals surface area (Å²) in [5.74, 6) is -4.23. The SMILES string of the molecule is C=CC(=O)N(C)CC(=O)[C@@H]1Cc2ccc(OCCNC(=O)OC(C)(C)C)c(c2)-c2cc(ccc2OCCC)[C@H](N(C)C(=O)[C@H](CCNC(=O)OC(C)(C)C)CC(=O)c2ccc(CCCC)cc2C)C(=O)C[C@@H](C)C(=O)N1. The van der Waals surface area contributed by atoms with Crippen LogP contribution in [-0.4, -0.2) is 121 Å². The van der Waals surface area contributed by atoms with E-state index in [4.69, 9.17) is 18.9 Å². The molecule has 3 aromatic rings. The molecular weight excluding hydrogens is 971 g/mol. The van der Waals surface area contributed by atoms with Crippen LogP contribution in [0.15, 0.2) is 67.3 Å². The van der Waals surface area contributed by atoms with Crippen LogP contribution in [0.2, 0.25) is 0 Å². The first-order valence-electron chi connectivity index (χ1n) is 26.3. The molecule has 0 saturated carbocycles. The zero-order valence-corrected chi connectivity index (χ0v) is 46.8. The van der Waals surface area contributed by atoms with Gasteiger partial charge in [-0.2, -0.15) is 0 Å². The number of aryl methyl sites for hydroxylation is 2. The molecule has 1 aliphatic heterocycles. The number of carbonyl (C=O) groups is 8. The van der Waals surface area contributed by atoms with E-state index in [0.717, 1.165) is 36.5 Å². The molecule has 0 fully saturated rings. The quantitative estimate of drug-likeness (QED) is 0.0489. The first kappa shape index (κ1) is 61.5. The molecule has 3 N–H and O–H groups in total. The average molecular weight is 1050 g/mol. The second-order valence-electron chi connectivity index (χ2n) is 21.6. The van der Waals surface area contributed by atoms with Crippen molar-refractivity contribution in [2.45, 2.75) is 144 Å². The van der Waals surface area contributed by atoms with E-state index in [0.29, 0.717) is 52.3 Å². The van der Waals surface area contributed by atoms with E-state index >= 15 is 9.59 Å². The molecule has 0 aliphatic carbocycles. The maximum atomic E-state index is 15.2. The van der Waals surface area contributed by atoms with Crippen molar-refractivity contribution in [3.63, 3.8) is 0 Å². The number of ether oxygens (including phenoxy) is 4. The molecule has 0 spiro atoms. The van der Waals surface area contributed by atoms with Gasteiger partial charge in [0.1, 0.15) is 35.3 Å². The summed E-state index contributed by atoms with van der Waals surface area (Å²) < 4.78 is 23.6. The first-order chi connectivity index (χ1) is 35.7. The lowest BCUT2D eigenvalue weighted by Gasteiger charge is -2.32. The molecule has 0 unspecified atom stereocenters. The fraction of sp³-hybridized carbons (Fsp3) is 0.525. The Kier molecular flexibility index (Phi) is 22.8. The summed E-state index contributed by atoms with van der Waals surface area (Å²) in [5, 5.41) is 8.26.